The molecule has 0 aliphatic carbocycles. The van der Waals surface area contributed by atoms with E-state index in [9.17, 15) is 13.6 Å². The average Bonchev–Trinajstić information content (AvgIpc) is 3.26. The molecule has 37 heavy (non-hydrogen) atoms. The third-order valence-corrected chi connectivity index (χ3v) is 6.42. The number of fused-ring (bicyclic) bond motifs is 1. The third kappa shape index (κ3) is 7.40. The lowest BCUT2D eigenvalue weighted by atomic mass is 10.1. The normalized spacial score (nSPS) is 11.6. The second-order valence-corrected chi connectivity index (χ2v) is 9.33. The van der Waals surface area contributed by atoms with Gasteiger partial charge < -0.3 is 14.0 Å². The third-order valence-electron chi connectivity index (χ3n) is 6.42. The van der Waals surface area contributed by atoms with Crippen molar-refractivity contribution in [2.24, 2.45) is 0 Å². The van der Waals surface area contributed by atoms with Crippen LogP contribution in [0.15, 0.2) is 48.6 Å². The molecule has 7 heteroatoms. The van der Waals surface area contributed by atoms with E-state index in [4.69, 9.17) is 14.5 Å². The van der Waals surface area contributed by atoms with Crippen LogP contribution in [0.25, 0.3) is 22.2 Å². The number of esters is 1. The zero-order valence-electron chi connectivity index (χ0n) is 22.4. The highest BCUT2D eigenvalue weighted by atomic mass is 19.3. The van der Waals surface area contributed by atoms with Crippen molar-refractivity contribution in [3.8, 4) is 17.0 Å². The first-order chi connectivity index (χ1) is 17.7. The van der Waals surface area contributed by atoms with Gasteiger partial charge in [0.1, 0.15) is 5.75 Å². The van der Waals surface area contributed by atoms with Gasteiger partial charge in [0.25, 0.3) is 0 Å². The number of halogens is 2. The van der Waals surface area contributed by atoms with Crippen LogP contribution in [0.3, 0.4) is 0 Å². The van der Waals surface area contributed by atoms with Crippen LogP contribution in [-0.4, -0.2) is 34.7 Å². The number of ether oxygens (including phenoxy) is 2. The Morgan fingerprint density at radius 3 is 2.41 bits per heavy atom. The smallest absolute Gasteiger partial charge is 0.333 e. The lowest BCUT2D eigenvalue weighted by Crippen LogP contribution is -2.18. The number of nitrogens with zero attached hydrogens (tertiary/aromatic N) is 2. The quantitative estimate of drug-likeness (QED) is 0.127. The summed E-state index contributed by atoms with van der Waals surface area (Å²) in [5, 5.41) is 1.10. The molecule has 2 aromatic heterocycles. The highest BCUT2D eigenvalue weighted by Crippen LogP contribution is 2.33. The predicted octanol–water partition coefficient (Wildman–Crippen LogP) is 7.54. The van der Waals surface area contributed by atoms with E-state index >= 15 is 0 Å². The summed E-state index contributed by atoms with van der Waals surface area (Å²) in [5.74, 6) is -2.71. The number of aromatic nitrogens is 2. The second kappa shape index (κ2) is 12.8. The zero-order valence-corrected chi connectivity index (χ0v) is 22.4. The summed E-state index contributed by atoms with van der Waals surface area (Å²) in [6, 6.07) is 12.3. The summed E-state index contributed by atoms with van der Waals surface area (Å²) in [5.41, 5.74) is 5.74. The van der Waals surface area contributed by atoms with Gasteiger partial charge in [0.15, 0.2) is 0 Å². The van der Waals surface area contributed by atoms with Crippen molar-refractivity contribution in [1.29, 1.82) is 0 Å². The molecule has 1 aromatic carbocycles. The Kier molecular flexibility index (Phi) is 9.84. The lowest BCUT2D eigenvalue weighted by Gasteiger charge is -2.16. The van der Waals surface area contributed by atoms with Crippen molar-refractivity contribution >= 4 is 16.9 Å². The summed E-state index contributed by atoms with van der Waals surface area (Å²) in [7, 11) is 0. The standard InChI is InChI=1S/C30H38F2N2O3/c1-6-23-12-14-25(26(7-2)33-23)28-19-22-11-13-24(20-27(22)34(28)8-3)36-17-9-15-30(31,32)16-10-18-37-29(35)21(4)5/h11-14,19-20H,4,6-10,15-18H2,1-3,5H3. The predicted molar refractivity (Wildman–Crippen MR) is 144 cm³/mol. The molecule has 3 rings (SSSR count). The van der Waals surface area contributed by atoms with Crippen molar-refractivity contribution in [3.63, 3.8) is 0 Å². The van der Waals surface area contributed by atoms with Crippen molar-refractivity contribution in [2.45, 2.75) is 78.7 Å². The van der Waals surface area contributed by atoms with E-state index in [2.05, 4.69) is 50.1 Å². The van der Waals surface area contributed by atoms with Crippen LogP contribution < -0.4 is 4.74 Å². The Bertz CT molecular complexity index is 1230. The van der Waals surface area contributed by atoms with E-state index in [1.807, 2.05) is 18.2 Å². The van der Waals surface area contributed by atoms with E-state index in [0.717, 1.165) is 52.9 Å². The van der Waals surface area contributed by atoms with Crippen LogP contribution in [0.4, 0.5) is 8.78 Å². The molecule has 0 radical (unpaired) electrons. The van der Waals surface area contributed by atoms with Gasteiger partial charge in [-0.25, -0.2) is 13.6 Å². The van der Waals surface area contributed by atoms with Crippen LogP contribution in [0.1, 0.15) is 64.8 Å². The van der Waals surface area contributed by atoms with E-state index < -0.39 is 11.9 Å². The number of carbonyl (C=O) groups is 1. The maximum Gasteiger partial charge on any atom is 0.333 e. The first kappa shape index (κ1) is 28.4. The second-order valence-electron chi connectivity index (χ2n) is 9.33. The van der Waals surface area contributed by atoms with E-state index in [1.54, 1.807) is 0 Å². The maximum atomic E-state index is 14.2. The van der Waals surface area contributed by atoms with Crippen molar-refractivity contribution in [1.82, 2.24) is 9.55 Å². The summed E-state index contributed by atoms with van der Waals surface area (Å²) >= 11 is 0. The number of hydrogen-bond acceptors (Lipinski definition) is 4. The first-order valence-electron chi connectivity index (χ1n) is 13.1. The van der Waals surface area contributed by atoms with Gasteiger partial charge in [0, 0.05) is 53.4 Å². The van der Waals surface area contributed by atoms with Crippen LogP contribution >= 0.6 is 0 Å². The maximum absolute atomic E-state index is 14.2. The fourth-order valence-corrected chi connectivity index (χ4v) is 4.40. The summed E-state index contributed by atoms with van der Waals surface area (Å²) in [4.78, 5) is 16.2. The minimum Gasteiger partial charge on any atom is -0.494 e. The van der Waals surface area contributed by atoms with Gasteiger partial charge in [-0.1, -0.05) is 20.4 Å². The van der Waals surface area contributed by atoms with Crippen molar-refractivity contribution in [2.75, 3.05) is 13.2 Å². The lowest BCUT2D eigenvalue weighted by molar-refractivity contribution is -0.139. The minimum atomic E-state index is -2.83. The van der Waals surface area contributed by atoms with Gasteiger partial charge in [-0.15, -0.1) is 0 Å². The van der Waals surface area contributed by atoms with Gasteiger partial charge >= 0.3 is 5.97 Å². The number of benzene rings is 1. The summed E-state index contributed by atoms with van der Waals surface area (Å²) < 4.78 is 41.4. The highest BCUT2D eigenvalue weighted by Gasteiger charge is 2.27. The fourth-order valence-electron chi connectivity index (χ4n) is 4.40. The molecule has 0 bridgehead atoms. The molecule has 200 valence electrons. The SMILES string of the molecule is C=C(C)C(=O)OCCCC(F)(F)CCCOc1ccc2cc(-c3ccc(CC)nc3CC)n(CC)c2c1. The molecular weight excluding hydrogens is 474 g/mol. The number of pyridine rings is 1. The van der Waals surface area contributed by atoms with Gasteiger partial charge in [0.05, 0.1) is 24.4 Å². The number of hydrogen-bond donors (Lipinski definition) is 0. The molecule has 0 atom stereocenters. The molecule has 3 aromatic rings. The molecule has 2 heterocycles. The minimum absolute atomic E-state index is 0.0323. The molecule has 0 N–H and O–H groups in total. The first-order valence-corrected chi connectivity index (χ1v) is 13.1. The van der Waals surface area contributed by atoms with E-state index in [0.29, 0.717) is 5.75 Å². The number of carbonyl (C=O) groups excluding carboxylic acids is 1. The van der Waals surface area contributed by atoms with Gasteiger partial charge in [-0.2, -0.15) is 0 Å². The number of alkyl halides is 2. The molecule has 0 saturated heterocycles. The molecule has 0 spiro atoms. The molecule has 5 nitrogen and oxygen atoms in total. The van der Waals surface area contributed by atoms with Crippen LogP contribution in [0.2, 0.25) is 0 Å². The van der Waals surface area contributed by atoms with Crippen molar-refractivity contribution in [3.05, 3.63) is 59.9 Å². The monoisotopic (exact) mass is 512 g/mol. The van der Waals surface area contributed by atoms with Crippen LogP contribution in [0, 0.1) is 0 Å². The summed E-state index contributed by atoms with van der Waals surface area (Å²) in [6.07, 6.45) is 1.49. The van der Waals surface area contributed by atoms with E-state index in [-0.39, 0.29) is 44.5 Å². The molecule has 0 amide bonds. The highest BCUT2D eigenvalue weighted by molar-refractivity contribution is 5.88. The molecule has 0 saturated carbocycles. The molecule has 0 aliphatic heterocycles. The van der Waals surface area contributed by atoms with Gasteiger partial charge in [-0.3, -0.25) is 4.98 Å². The van der Waals surface area contributed by atoms with E-state index in [1.165, 1.54) is 6.92 Å². The van der Waals surface area contributed by atoms with Crippen LogP contribution in [0.5, 0.6) is 5.75 Å². The van der Waals surface area contributed by atoms with Gasteiger partial charge in [-0.05, 0) is 69.9 Å². The topological polar surface area (TPSA) is 53.4 Å². The molecule has 0 unspecified atom stereocenters. The number of aryl methyl sites for hydroxylation is 3. The zero-order chi connectivity index (χ0) is 27.0. The Morgan fingerprint density at radius 2 is 1.76 bits per heavy atom. The fraction of sp³-hybridized carbons (Fsp3) is 0.467. The number of rotatable bonds is 14. The van der Waals surface area contributed by atoms with Crippen molar-refractivity contribution < 1.29 is 23.0 Å². The molecule has 0 aliphatic rings. The Balaban J connectivity index is 1.61. The Hall–Kier alpha value is -3.22. The molecule has 0 fully saturated rings. The Labute approximate surface area is 218 Å². The Morgan fingerprint density at radius 1 is 1.03 bits per heavy atom. The summed E-state index contributed by atoms with van der Waals surface area (Å²) in [6.45, 7) is 12.3. The average molecular weight is 513 g/mol. The van der Waals surface area contributed by atoms with Crippen LogP contribution in [-0.2, 0) is 28.9 Å². The molecular formula is C30H38F2N2O3. The van der Waals surface area contributed by atoms with Gasteiger partial charge in [0.2, 0.25) is 5.92 Å². The largest absolute Gasteiger partial charge is 0.494 e.